The lowest BCUT2D eigenvalue weighted by atomic mass is 9.93. The summed E-state index contributed by atoms with van der Waals surface area (Å²) in [7, 11) is 0. The van der Waals surface area contributed by atoms with Gasteiger partial charge in [-0.25, -0.2) is 0 Å². The molecule has 0 aliphatic carbocycles. The average molecular weight is 282 g/mol. The third kappa shape index (κ3) is 4.71. The van der Waals surface area contributed by atoms with Crippen molar-refractivity contribution in [1.82, 2.24) is 10.3 Å². The summed E-state index contributed by atoms with van der Waals surface area (Å²) >= 11 is 0. The van der Waals surface area contributed by atoms with Crippen LogP contribution in [0.4, 0.5) is 0 Å². The highest BCUT2D eigenvalue weighted by Gasteiger charge is 2.21. The van der Waals surface area contributed by atoms with Gasteiger partial charge in [0, 0.05) is 24.9 Å². The van der Waals surface area contributed by atoms with Gasteiger partial charge in [0.05, 0.1) is 5.92 Å². The van der Waals surface area contributed by atoms with Crippen LogP contribution in [0.1, 0.15) is 36.9 Å². The summed E-state index contributed by atoms with van der Waals surface area (Å²) in [6, 6.07) is 15.7. The number of aromatic nitrogens is 1. The van der Waals surface area contributed by atoms with Crippen molar-refractivity contribution in [2.24, 2.45) is 0 Å². The standard InChI is InChI=1S/C18H22N2O/c1-2-3-12-20-18(21)17(15-9-5-4-6-10-15)14-16-11-7-8-13-19-16/h4-11,13,17H,2-3,12,14H2,1H3,(H,20,21). The molecule has 0 spiro atoms. The summed E-state index contributed by atoms with van der Waals surface area (Å²) in [6.07, 6.45) is 4.49. The third-order valence-corrected chi connectivity index (χ3v) is 3.49. The third-order valence-electron chi connectivity index (χ3n) is 3.49. The molecular weight excluding hydrogens is 260 g/mol. The van der Waals surface area contributed by atoms with E-state index in [2.05, 4.69) is 17.2 Å². The summed E-state index contributed by atoms with van der Waals surface area (Å²) in [4.78, 5) is 16.8. The topological polar surface area (TPSA) is 42.0 Å². The van der Waals surface area contributed by atoms with E-state index < -0.39 is 0 Å². The summed E-state index contributed by atoms with van der Waals surface area (Å²) in [6.45, 7) is 2.86. The minimum atomic E-state index is -0.182. The van der Waals surface area contributed by atoms with E-state index in [-0.39, 0.29) is 11.8 Å². The van der Waals surface area contributed by atoms with Gasteiger partial charge in [-0.05, 0) is 24.1 Å². The molecule has 3 nitrogen and oxygen atoms in total. The molecule has 2 rings (SSSR count). The van der Waals surface area contributed by atoms with Gasteiger partial charge in [-0.1, -0.05) is 49.7 Å². The van der Waals surface area contributed by atoms with Gasteiger partial charge in [-0.2, -0.15) is 0 Å². The van der Waals surface area contributed by atoms with Crippen molar-refractivity contribution in [3.05, 3.63) is 66.0 Å². The monoisotopic (exact) mass is 282 g/mol. The Kier molecular flexibility index (Phi) is 5.95. The summed E-state index contributed by atoms with van der Waals surface area (Å²) < 4.78 is 0. The summed E-state index contributed by atoms with van der Waals surface area (Å²) in [5.74, 6) is -0.0988. The number of nitrogens with zero attached hydrogens (tertiary/aromatic N) is 1. The summed E-state index contributed by atoms with van der Waals surface area (Å²) in [5.41, 5.74) is 1.98. The number of rotatable bonds is 7. The maximum Gasteiger partial charge on any atom is 0.227 e. The molecule has 1 amide bonds. The fourth-order valence-corrected chi connectivity index (χ4v) is 2.29. The zero-order chi connectivity index (χ0) is 14.9. The van der Waals surface area contributed by atoms with Crippen molar-refractivity contribution in [3.8, 4) is 0 Å². The second-order valence-electron chi connectivity index (χ2n) is 5.13. The lowest BCUT2D eigenvalue weighted by molar-refractivity contribution is -0.122. The van der Waals surface area contributed by atoms with Gasteiger partial charge in [0.2, 0.25) is 5.91 Å². The van der Waals surface area contributed by atoms with Crippen LogP contribution in [0.3, 0.4) is 0 Å². The van der Waals surface area contributed by atoms with Gasteiger partial charge in [-0.3, -0.25) is 9.78 Å². The van der Waals surface area contributed by atoms with Crippen molar-refractivity contribution in [3.63, 3.8) is 0 Å². The van der Waals surface area contributed by atoms with Gasteiger partial charge in [0.25, 0.3) is 0 Å². The molecule has 2 aromatic rings. The van der Waals surface area contributed by atoms with Crippen LogP contribution in [-0.4, -0.2) is 17.4 Å². The van der Waals surface area contributed by atoms with E-state index in [1.807, 2.05) is 48.5 Å². The molecule has 0 bridgehead atoms. The number of hydrogen-bond donors (Lipinski definition) is 1. The van der Waals surface area contributed by atoms with Crippen molar-refractivity contribution in [2.45, 2.75) is 32.1 Å². The number of carbonyl (C=O) groups excluding carboxylic acids is 1. The first-order valence-corrected chi connectivity index (χ1v) is 7.54. The first-order chi connectivity index (χ1) is 10.3. The Morgan fingerprint density at radius 3 is 2.57 bits per heavy atom. The number of hydrogen-bond acceptors (Lipinski definition) is 2. The normalized spacial score (nSPS) is 11.9. The van der Waals surface area contributed by atoms with E-state index in [1.54, 1.807) is 6.20 Å². The minimum Gasteiger partial charge on any atom is -0.356 e. The molecule has 1 unspecified atom stereocenters. The van der Waals surface area contributed by atoms with Crippen LogP contribution < -0.4 is 5.32 Å². The number of pyridine rings is 1. The molecule has 3 heteroatoms. The molecule has 110 valence electrons. The fourth-order valence-electron chi connectivity index (χ4n) is 2.29. The Morgan fingerprint density at radius 1 is 1.14 bits per heavy atom. The van der Waals surface area contributed by atoms with Crippen LogP contribution in [0.15, 0.2) is 54.7 Å². The van der Waals surface area contributed by atoms with Gasteiger partial charge >= 0.3 is 0 Å². The SMILES string of the molecule is CCCCNC(=O)C(Cc1ccccn1)c1ccccc1. The average Bonchev–Trinajstić information content (AvgIpc) is 2.54. The van der Waals surface area contributed by atoms with Gasteiger partial charge in [0.15, 0.2) is 0 Å². The minimum absolute atomic E-state index is 0.0836. The van der Waals surface area contributed by atoms with E-state index in [0.717, 1.165) is 30.6 Å². The number of benzene rings is 1. The molecule has 0 aliphatic heterocycles. The largest absolute Gasteiger partial charge is 0.356 e. The van der Waals surface area contributed by atoms with E-state index in [1.165, 1.54) is 0 Å². The smallest absolute Gasteiger partial charge is 0.227 e. The Hall–Kier alpha value is -2.16. The maximum absolute atomic E-state index is 12.5. The predicted molar refractivity (Wildman–Crippen MR) is 85.0 cm³/mol. The molecule has 0 saturated carbocycles. The molecule has 0 radical (unpaired) electrons. The molecule has 1 heterocycles. The number of nitrogens with one attached hydrogen (secondary N) is 1. The molecule has 1 aromatic carbocycles. The lowest BCUT2D eigenvalue weighted by Gasteiger charge is -2.17. The zero-order valence-electron chi connectivity index (χ0n) is 12.5. The second-order valence-corrected chi connectivity index (χ2v) is 5.13. The van der Waals surface area contributed by atoms with Gasteiger partial charge in [0.1, 0.15) is 0 Å². The zero-order valence-corrected chi connectivity index (χ0v) is 12.5. The Balaban J connectivity index is 2.12. The Labute approximate surface area is 126 Å². The Bertz CT molecular complexity index is 540. The lowest BCUT2D eigenvalue weighted by Crippen LogP contribution is -2.31. The quantitative estimate of drug-likeness (QED) is 0.792. The molecule has 1 N–H and O–H groups in total. The number of unbranched alkanes of at least 4 members (excludes halogenated alkanes) is 1. The highest BCUT2D eigenvalue weighted by molar-refractivity contribution is 5.83. The van der Waals surface area contributed by atoms with Crippen molar-refractivity contribution < 1.29 is 4.79 Å². The van der Waals surface area contributed by atoms with Crippen molar-refractivity contribution in [1.29, 1.82) is 0 Å². The van der Waals surface area contributed by atoms with Crippen LogP contribution in [-0.2, 0) is 11.2 Å². The van der Waals surface area contributed by atoms with Crippen LogP contribution in [0, 0.1) is 0 Å². The number of amides is 1. The molecular formula is C18H22N2O. The second kappa shape index (κ2) is 8.20. The predicted octanol–water partition coefficient (Wildman–Crippen LogP) is 3.32. The van der Waals surface area contributed by atoms with Crippen LogP contribution >= 0.6 is 0 Å². The molecule has 21 heavy (non-hydrogen) atoms. The van der Waals surface area contributed by atoms with E-state index in [4.69, 9.17) is 0 Å². The van der Waals surface area contributed by atoms with Gasteiger partial charge < -0.3 is 5.32 Å². The fraction of sp³-hybridized carbons (Fsp3) is 0.333. The first-order valence-electron chi connectivity index (χ1n) is 7.54. The van der Waals surface area contributed by atoms with Crippen LogP contribution in [0.2, 0.25) is 0 Å². The van der Waals surface area contributed by atoms with Gasteiger partial charge in [-0.15, -0.1) is 0 Å². The Morgan fingerprint density at radius 2 is 1.90 bits per heavy atom. The maximum atomic E-state index is 12.5. The first kappa shape index (κ1) is 15.2. The van der Waals surface area contributed by atoms with E-state index in [9.17, 15) is 4.79 Å². The molecule has 0 aliphatic rings. The highest BCUT2D eigenvalue weighted by Crippen LogP contribution is 2.20. The summed E-state index contributed by atoms with van der Waals surface area (Å²) in [5, 5.41) is 3.04. The molecule has 1 atom stereocenters. The highest BCUT2D eigenvalue weighted by atomic mass is 16.1. The van der Waals surface area contributed by atoms with Crippen LogP contribution in [0.25, 0.3) is 0 Å². The van der Waals surface area contributed by atoms with Crippen molar-refractivity contribution >= 4 is 5.91 Å². The van der Waals surface area contributed by atoms with Crippen molar-refractivity contribution in [2.75, 3.05) is 6.54 Å². The van der Waals surface area contributed by atoms with Crippen LogP contribution in [0.5, 0.6) is 0 Å². The molecule has 1 aromatic heterocycles. The van der Waals surface area contributed by atoms with E-state index >= 15 is 0 Å². The van der Waals surface area contributed by atoms with E-state index in [0.29, 0.717) is 6.42 Å². The molecule has 0 saturated heterocycles. The number of carbonyl (C=O) groups is 1. The molecule has 0 fully saturated rings.